The van der Waals surface area contributed by atoms with Gasteiger partial charge in [-0.15, -0.1) is 0 Å². The van der Waals surface area contributed by atoms with Crippen molar-refractivity contribution < 1.29 is 13.2 Å². The summed E-state index contributed by atoms with van der Waals surface area (Å²) >= 11 is 5.57. The smallest absolute Gasteiger partial charge is 0.218 e. The standard InChI is InChI=1S/C8H4ClF3S/c9-6-4-2-1-3-5(6)7(10)8(11,12)13-7/h1-4H. The summed E-state index contributed by atoms with van der Waals surface area (Å²) in [6.07, 6.45) is 0. The summed E-state index contributed by atoms with van der Waals surface area (Å²) in [6, 6.07) is 5.72. The highest BCUT2D eigenvalue weighted by molar-refractivity contribution is 8.08. The van der Waals surface area contributed by atoms with Crippen LogP contribution >= 0.6 is 23.4 Å². The first-order chi connectivity index (χ1) is 5.97. The molecule has 2 rings (SSSR count). The number of thioether (sulfide) groups is 1. The average Bonchev–Trinajstić information content (AvgIpc) is 2.53. The van der Waals surface area contributed by atoms with Crippen molar-refractivity contribution in [2.45, 2.75) is 10.3 Å². The van der Waals surface area contributed by atoms with Crippen molar-refractivity contribution in [2.75, 3.05) is 0 Å². The number of halogens is 4. The maximum atomic E-state index is 13.4. The molecule has 13 heavy (non-hydrogen) atoms. The van der Waals surface area contributed by atoms with Crippen LogP contribution in [0.3, 0.4) is 0 Å². The van der Waals surface area contributed by atoms with E-state index in [-0.39, 0.29) is 22.3 Å². The number of benzene rings is 1. The van der Waals surface area contributed by atoms with E-state index in [1.165, 1.54) is 18.2 Å². The van der Waals surface area contributed by atoms with E-state index in [0.29, 0.717) is 0 Å². The summed E-state index contributed by atoms with van der Waals surface area (Å²) in [5.41, 5.74) is -0.147. The van der Waals surface area contributed by atoms with Crippen LogP contribution in [0.4, 0.5) is 13.2 Å². The first kappa shape index (κ1) is 9.21. The molecule has 1 aromatic rings. The Morgan fingerprint density at radius 3 is 2.15 bits per heavy atom. The first-order valence-electron chi connectivity index (χ1n) is 3.49. The Morgan fingerprint density at radius 1 is 1.15 bits per heavy atom. The van der Waals surface area contributed by atoms with Crippen molar-refractivity contribution in [3.63, 3.8) is 0 Å². The summed E-state index contributed by atoms with van der Waals surface area (Å²) in [6.45, 7) is 0. The lowest BCUT2D eigenvalue weighted by Crippen LogP contribution is -2.10. The molecule has 0 radical (unpaired) electrons. The molecular weight excluding hydrogens is 221 g/mol. The van der Waals surface area contributed by atoms with Gasteiger partial charge in [0.25, 0.3) is 5.00 Å². The summed E-state index contributed by atoms with van der Waals surface area (Å²) in [7, 11) is 0. The van der Waals surface area contributed by atoms with Crippen molar-refractivity contribution in [3.05, 3.63) is 34.9 Å². The van der Waals surface area contributed by atoms with Gasteiger partial charge in [-0.1, -0.05) is 29.8 Å². The zero-order valence-electron chi connectivity index (χ0n) is 6.23. The summed E-state index contributed by atoms with van der Waals surface area (Å²) in [5, 5.41) is -5.92. The van der Waals surface area contributed by atoms with Crippen molar-refractivity contribution in [1.29, 1.82) is 0 Å². The van der Waals surface area contributed by atoms with E-state index >= 15 is 0 Å². The predicted octanol–water partition coefficient (Wildman–Crippen LogP) is 3.80. The molecule has 0 spiro atoms. The van der Waals surface area contributed by atoms with E-state index < -0.39 is 10.3 Å². The third-order valence-corrected chi connectivity index (χ3v) is 3.24. The van der Waals surface area contributed by atoms with E-state index in [9.17, 15) is 13.2 Å². The van der Waals surface area contributed by atoms with Gasteiger partial charge in [-0.2, -0.15) is 8.78 Å². The Kier molecular flexibility index (Phi) is 1.83. The second-order valence-electron chi connectivity index (χ2n) is 2.69. The van der Waals surface area contributed by atoms with Crippen LogP contribution in [0.2, 0.25) is 5.02 Å². The third-order valence-electron chi connectivity index (χ3n) is 1.82. The topological polar surface area (TPSA) is 0 Å². The fourth-order valence-electron chi connectivity index (χ4n) is 1.08. The Labute approximate surface area is 82.1 Å². The Balaban J connectivity index is 2.44. The van der Waals surface area contributed by atoms with Gasteiger partial charge in [0.05, 0.1) is 0 Å². The van der Waals surface area contributed by atoms with Crippen LogP contribution in [0, 0.1) is 0 Å². The number of hydrogen-bond donors (Lipinski definition) is 0. The molecular formula is C8H4ClF3S. The van der Waals surface area contributed by atoms with Crippen molar-refractivity contribution in [3.8, 4) is 0 Å². The molecule has 1 aliphatic rings. The highest BCUT2D eigenvalue weighted by atomic mass is 35.5. The summed E-state index contributed by atoms with van der Waals surface area (Å²) < 4.78 is 38.6. The summed E-state index contributed by atoms with van der Waals surface area (Å²) in [5.74, 6) is 0. The maximum absolute atomic E-state index is 13.4. The van der Waals surface area contributed by atoms with Crippen molar-refractivity contribution >= 4 is 23.4 Å². The zero-order chi connectivity index (χ0) is 9.69. The second-order valence-corrected chi connectivity index (χ2v) is 4.38. The average molecular weight is 225 g/mol. The fourth-order valence-corrected chi connectivity index (χ4v) is 2.11. The SMILES string of the molecule is FC1(F)SC1(F)c1ccccc1Cl. The molecule has 0 nitrogen and oxygen atoms in total. The van der Waals surface area contributed by atoms with Gasteiger partial charge in [0.15, 0.2) is 0 Å². The molecule has 1 unspecified atom stereocenters. The van der Waals surface area contributed by atoms with Crippen LogP contribution in [0.15, 0.2) is 24.3 Å². The van der Waals surface area contributed by atoms with Crippen LogP contribution < -0.4 is 0 Å². The van der Waals surface area contributed by atoms with Gasteiger partial charge >= 0.3 is 5.25 Å². The molecule has 0 saturated carbocycles. The zero-order valence-corrected chi connectivity index (χ0v) is 7.80. The van der Waals surface area contributed by atoms with Gasteiger partial charge in [-0.25, -0.2) is 4.39 Å². The number of hydrogen-bond acceptors (Lipinski definition) is 1. The van der Waals surface area contributed by atoms with Crippen LogP contribution in [-0.2, 0) is 5.00 Å². The first-order valence-corrected chi connectivity index (χ1v) is 4.69. The molecule has 1 fully saturated rings. The second kappa shape index (κ2) is 2.58. The molecule has 1 saturated heterocycles. The minimum Gasteiger partial charge on any atom is -0.218 e. The van der Waals surface area contributed by atoms with Gasteiger partial charge < -0.3 is 0 Å². The Morgan fingerprint density at radius 2 is 1.69 bits per heavy atom. The predicted molar refractivity (Wildman–Crippen MR) is 46.8 cm³/mol. The van der Waals surface area contributed by atoms with Gasteiger partial charge in [-0.3, -0.25) is 0 Å². The molecule has 0 N–H and O–H groups in total. The highest BCUT2D eigenvalue weighted by Gasteiger charge is 2.76. The highest BCUT2D eigenvalue weighted by Crippen LogP contribution is 2.73. The van der Waals surface area contributed by atoms with Crippen LogP contribution in [0.25, 0.3) is 0 Å². The van der Waals surface area contributed by atoms with Crippen molar-refractivity contribution in [1.82, 2.24) is 0 Å². The molecule has 1 aromatic carbocycles. The quantitative estimate of drug-likeness (QED) is 0.654. The van der Waals surface area contributed by atoms with E-state index in [4.69, 9.17) is 11.6 Å². The van der Waals surface area contributed by atoms with Crippen LogP contribution in [0.5, 0.6) is 0 Å². The van der Waals surface area contributed by atoms with E-state index in [1.807, 2.05) is 0 Å². The molecule has 1 heterocycles. The monoisotopic (exact) mass is 224 g/mol. The van der Waals surface area contributed by atoms with E-state index in [0.717, 1.165) is 0 Å². The molecule has 0 aromatic heterocycles. The molecule has 1 aliphatic heterocycles. The Bertz CT molecular complexity index is 355. The maximum Gasteiger partial charge on any atom is 0.344 e. The molecule has 5 heteroatoms. The largest absolute Gasteiger partial charge is 0.344 e. The minimum absolute atomic E-state index is 0.0211. The lowest BCUT2D eigenvalue weighted by molar-refractivity contribution is 0.0471. The molecule has 0 amide bonds. The van der Waals surface area contributed by atoms with Crippen molar-refractivity contribution in [2.24, 2.45) is 0 Å². The minimum atomic E-state index is -3.34. The molecule has 0 aliphatic carbocycles. The van der Waals surface area contributed by atoms with E-state index in [1.54, 1.807) is 6.07 Å². The van der Waals surface area contributed by atoms with Gasteiger partial charge in [0.1, 0.15) is 0 Å². The Hall–Kier alpha value is -0.350. The fraction of sp³-hybridized carbons (Fsp3) is 0.250. The van der Waals surface area contributed by atoms with Gasteiger partial charge in [-0.05, 0) is 17.8 Å². The van der Waals surface area contributed by atoms with E-state index in [2.05, 4.69) is 0 Å². The lowest BCUT2D eigenvalue weighted by Gasteiger charge is -2.05. The third kappa shape index (κ3) is 1.23. The van der Waals surface area contributed by atoms with Gasteiger partial charge in [0, 0.05) is 10.6 Å². The molecule has 70 valence electrons. The number of alkyl halides is 3. The number of rotatable bonds is 1. The summed E-state index contributed by atoms with van der Waals surface area (Å²) in [4.78, 5) is 0. The molecule has 0 bridgehead atoms. The molecule has 1 atom stereocenters. The lowest BCUT2D eigenvalue weighted by atomic mass is 10.1. The normalized spacial score (nSPS) is 30.2. The van der Waals surface area contributed by atoms with Crippen LogP contribution in [-0.4, -0.2) is 5.25 Å². The van der Waals surface area contributed by atoms with Gasteiger partial charge in [0.2, 0.25) is 0 Å². The van der Waals surface area contributed by atoms with Crippen LogP contribution in [0.1, 0.15) is 5.56 Å².